The number of sulfone groups is 2. The number of aryl methyl sites for hydroxylation is 1. The van der Waals surface area contributed by atoms with Crippen LogP contribution in [-0.4, -0.2) is 51.7 Å². The molecule has 0 saturated carbocycles. The van der Waals surface area contributed by atoms with Crippen molar-refractivity contribution in [1.82, 2.24) is 9.78 Å². The Morgan fingerprint density at radius 1 is 0.659 bits per heavy atom. The number of hydrogen-bond donors (Lipinski definition) is 0. The largest absolute Gasteiger partial charge is 0.457 e. The topological polar surface area (TPSA) is 112 Å². The Bertz CT molecular complexity index is 2050. The van der Waals surface area contributed by atoms with Gasteiger partial charge < -0.3 is 4.74 Å². The van der Waals surface area contributed by atoms with Gasteiger partial charge in [-0.1, -0.05) is 72.8 Å². The Hall–Kier alpha value is -4.80. The molecule has 1 aliphatic heterocycles. The quantitative estimate of drug-likeness (QED) is 0.219. The molecular weight excluding hydrogens is 597 g/mol. The van der Waals surface area contributed by atoms with Crippen LogP contribution in [0.4, 0.5) is 0 Å². The highest BCUT2D eigenvalue weighted by molar-refractivity contribution is 7.91. The number of benzene rings is 4. The van der Waals surface area contributed by atoms with E-state index < -0.39 is 19.7 Å². The number of ether oxygens (including phenoxy) is 1. The lowest BCUT2D eigenvalue weighted by molar-refractivity contribution is -0.133. The smallest absolute Gasteiger partial charge is 0.339 e. The average molecular weight is 627 g/mol. The third-order valence-corrected chi connectivity index (χ3v) is 9.21. The van der Waals surface area contributed by atoms with Gasteiger partial charge in [-0.05, 0) is 60.5 Å². The zero-order chi connectivity index (χ0) is 31.5. The van der Waals surface area contributed by atoms with Crippen LogP contribution in [-0.2, 0) is 29.2 Å². The molecule has 4 aromatic carbocycles. The lowest BCUT2D eigenvalue weighted by atomic mass is 9.97. The molecule has 0 saturated heterocycles. The molecule has 0 radical (unpaired) electrons. The van der Waals surface area contributed by atoms with Gasteiger partial charge in [0.15, 0.2) is 19.7 Å². The van der Waals surface area contributed by atoms with Crippen molar-refractivity contribution in [2.24, 2.45) is 0 Å². The maximum atomic E-state index is 12.0. The molecule has 0 aliphatic carbocycles. The Kier molecular flexibility index (Phi) is 8.66. The summed E-state index contributed by atoms with van der Waals surface area (Å²) in [5.41, 5.74) is 6.68. The molecule has 1 aliphatic rings. The van der Waals surface area contributed by atoms with Gasteiger partial charge >= 0.3 is 5.97 Å². The summed E-state index contributed by atoms with van der Waals surface area (Å²) in [6.07, 6.45) is 2.37. The first-order chi connectivity index (χ1) is 20.9. The SMILES string of the molecule is CS(=O)(=O)c1ccc(C2=C(c3ccccc3)C(=O)OC2)cc1.Cc1cc(-c2ccccc2)n(-c2ccc(S(C)(=O)=O)cc2)n1. The highest BCUT2D eigenvalue weighted by Gasteiger charge is 2.27. The van der Waals surface area contributed by atoms with Gasteiger partial charge in [0.05, 0.1) is 32.4 Å². The number of cyclic esters (lactones) is 1. The van der Waals surface area contributed by atoms with Crippen LogP contribution >= 0.6 is 0 Å². The molecule has 10 heteroatoms. The Balaban J connectivity index is 0.000000175. The van der Waals surface area contributed by atoms with Crippen LogP contribution in [0.5, 0.6) is 0 Å². The predicted octanol–water partition coefficient (Wildman–Crippen LogP) is 5.81. The monoisotopic (exact) mass is 626 g/mol. The average Bonchev–Trinajstić information content (AvgIpc) is 3.60. The van der Waals surface area contributed by atoms with Gasteiger partial charge in [-0.15, -0.1) is 0 Å². The molecule has 5 aromatic rings. The van der Waals surface area contributed by atoms with E-state index in [-0.39, 0.29) is 17.5 Å². The first-order valence-electron chi connectivity index (χ1n) is 13.6. The molecule has 0 amide bonds. The molecule has 0 bridgehead atoms. The van der Waals surface area contributed by atoms with Crippen LogP contribution in [0.2, 0.25) is 0 Å². The zero-order valence-electron chi connectivity index (χ0n) is 24.3. The van der Waals surface area contributed by atoms with Crippen molar-refractivity contribution in [1.29, 1.82) is 0 Å². The van der Waals surface area contributed by atoms with Crippen LogP contribution < -0.4 is 0 Å². The summed E-state index contributed by atoms with van der Waals surface area (Å²) < 4.78 is 53.1. The summed E-state index contributed by atoms with van der Waals surface area (Å²) in [6.45, 7) is 2.13. The molecule has 44 heavy (non-hydrogen) atoms. The van der Waals surface area contributed by atoms with Crippen molar-refractivity contribution in [3.05, 3.63) is 132 Å². The summed E-state index contributed by atoms with van der Waals surface area (Å²) in [5, 5.41) is 4.52. The molecule has 6 rings (SSSR count). The second-order valence-electron chi connectivity index (χ2n) is 10.3. The zero-order valence-corrected chi connectivity index (χ0v) is 26.0. The fourth-order valence-corrected chi connectivity index (χ4v) is 6.04. The van der Waals surface area contributed by atoms with E-state index in [4.69, 9.17) is 4.74 Å². The van der Waals surface area contributed by atoms with Crippen LogP contribution in [0.1, 0.15) is 16.8 Å². The van der Waals surface area contributed by atoms with E-state index in [0.717, 1.165) is 39.3 Å². The van der Waals surface area contributed by atoms with Gasteiger partial charge in [0.1, 0.15) is 6.61 Å². The maximum absolute atomic E-state index is 12.0. The van der Waals surface area contributed by atoms with Crippen LogP contribution in [0.3, 0.4) is 0 Å². The number of aromatic nitrogens is 2. The van der Waals surface area contributed by atoms with Crippen molar-refractivity contribution in [2.75, 3.05) is 19.1 Å². The van der Waals surface area contributed by atoms with Gasteiger partial charge in [0, 0.05) is 23.6 Å². The van der Waals surface area contributed by atoms with Crippen LogP contribution in [0.25, 0.3) is 28.1 Å². The molecule has 0 N–H and O–H groups in total. The molecule has 8 nitrogen and oxygen atoms in total. The molecule has 0 spiro atoms. The molecular formula is C34H30N2O6S2. The minimum atomic E-state index is -3.23. The number of esters is 1. The normalized spacial score (nSPS) is 13.3. The molecule has 0 fully saturated rings. The highest BCUT2D eigenvalue weighted by atomic mass is 32.2. The minimum absolute atomic E-state index is 0.196. The molecule has 0 atom stereocenters. The predicted molar refractivity (Wildman–Crippen MR) is 171 cm³/mol. The maximum Gasteiger partial charge on any atom is 0.339 e. The molecule has 1 aromatic heterocycles. The van der Waals surface area contributed by atoms with E-state index in [2.05, 4.69) is 5.10 Å². The van der Waals surface area contributed by atoms with Gasteiger partial charge in [0.25, 0.3) is 0 Å². The first-order valence-corrected chi connectivity index (χ1v) is 17.4. The van der Waals surface area contributed by atoms with Crippen molar-refractivity contribution < 1.29 is 26.4 Å². The van der Waals surface area contributed by atoms with Gasteiger partial charge in [-0.2, -0.15) is 5.10 Å². The van der Waals surface area contributed by atoms with Crippen LogP contribution in [0.15, 0.2) is 125 Å². The van der Waals surface area contributed by atoms with E-state index >= 15 is 0 Å². The number of carbonyl (C=O) groups is 1. The van der Waals surface area contributed by atoms with Gasteiger partial charge in [-0.25, -0.2) is 26.3 Å². The summed E-state index contributed by atoms with van der Waals surface area (Å²) in [7, 11) is -6.42. The second kappa shape index (κ2) is 12.4. The summed E-state index contributed by atoms with van der Waals surface area (Å²) in [6, 6.07) is 34.6. The molecule has 2 heterocycles. The lowest BCUT2D eigenvalue weighted by Gasteiger charge is -2.08. The van der Waals surface area contributed by atoms with E-state index in [0.29, 0.717) is 10.5 Å². The van der Waals surface area contributed by atoms with Gasteiger partial charge in [-0.3, -0.25) is 0 Å². The Labute approximate surface area is 257 Å². The molecule has 224 valence electrons. The van der Waals surface area contributed by atoms with Gasteiger partial charge in [0.2, 0.25) is 0 Å². The summed E-state index contributed by atoms with van der Waals surface area (Å²) in [5.74, 6) is -0.353. The fourth-order valence-electron chi connectivity index (χ4n) is 4.78. The summed E-state index contributed by atoms with van der Waals surface area (Å²) in [4.78, 5) is 12.6. The number of nitrogens with zero attached hydrogens (tertiary/aromatic N) is 2. The second-order valence-corrected chi connectivity index (χ2v) is 14.3. The number of hydrogen-bond acceptors (Lipinski definition) is 7. The van der Waals surface area contributed by atoms with Crippen molar-refractivity contribution in [2.45, 2.75) is 16.7 Å². The highest BCUT2D eigenvalue weighted by Crippen LogP contribution is 2.33. The van der Waals surface area contributed by atoms with E-state index in [1.807, 2.05) is 78.3 Å². The van der Waals surface area contributed by atoms with Crippen LogP contribution in [0, 0.1) is 6.92 Å². The lowest BCUT2D eigenvalue weighted by Crippen LogP contribution is -2.01. The third kappa shape index (κ3) is 6.88. The minimum Gasteiger partial charge on any atom is -0.457 e. The first kappa shape index (κ1) is 30.7. The molecule has 0 unspecified atom stereocenters. The van der Waals surface area contributed by atoms with Crippen molar-refractivity contribution >= 4 is 36.8 Å². The standard InChI is InChI=1S/C17H16N2O2S.C17H14O4S/c1-13-12-17(14-6-4-3-5-7-14)19(18-13)15-8-10-16(11-9-15)22(2,20)21;1-22(19,20)14-9-7-12(8-10-14)15-11-21-17(18)16(15)13-5-3-2-4-6-13/h3-12H,1-2H3;2-10H,11H2,1H3. The van der Waals surface area contributed by atoms with Crippen molar-refractivity contribution in [3.8, 4) is 16.9 Å². The Morgan fingerprint density at radius 3 is 1.68 bits per heavy atom. The fraction of sp³-hybridized carbons (Fsp3) is 0.118. The number of rotatable bonds is 6. The van der Waals surface area contributed by atoms with Crippen molar-refractivity contribution in [3.63, 3.8) is 0 Å². The number of carbonyl (C=O) groups excluding carboxylic acids is 1. The van der Waals surface area contributed by atoms with E-state index in [1.165, 1.54) is 12.5 Å². The van der Waals surface area contributed by atoms with E-state index in [9.17, 15) is 21.6 Å². The van der Waals surface area contributed by atoms with E-state index in [1.54, 1.807) is 48.5 Å². The third-order valence-electron chi connectivity index (χ3n) is 6.96. The summed E-state index contributed by atoms with van der Waals surface area (Å²) >= 11 is 0. The Morgan fingerprint density at radius 2 is 1.16 bits per heavy atom.